The first-order valence-corrected chi connectivity index (χ1v) is 15.6. The van der Waals surface area contributed by atoms with Crippen molar-refractivity contribution in [3.05, 3.63) is 89.0 Å². The highest BCUT2D eigenvalue weighted by Crippen LogP contribution is 2.40. The maximum Gasteiger partial charge on any atom is 0.256 e. The van der Waals surface area contributed by atoms with Crippen molar-refractivity contribution in [2.45, 2.75) is 89.0 Å². The van der Waals surface area contributed by atoms with Gasteiger partial charge in [0, 0.05) is 18.1 Å². The Hall–Kier alpha value is -3.98. The summed E-state index contributed by atoms with van der Waals surface area (Å²) < 4.78 is 1.64. The second kappa shape index (κ2) is 12.0. The molecule has 9 heteroatoms. The number of aromatic nitrogens is 4. The highest BCUT2D eigenvalue weighted by molar-refractivity contribution is 8.00. The van der Waals surface area contributed by atoms with E-state index in [0.29, 0.717) is 28.6 Å². The molecule has 0 fully saturated rings. The van der Waals surface area contributed by atoms with Crippen molar-refractivity contribution in [2.24, 2.45) is 0 Å². The normalized spacial score (nSPS) is 15.0. The molecule has 0 bridgehead atoms. The summed E-state index contributed by atoms with van der Waals surface area (Å²) in [5.74, 6) is 0.328. The zero-order valence-corrected chi connectivity index (χ0v) is 26.7. The van der Waals surface area contributed by atoms with Crippen LogP contribution in [-0.4, -0.2) is 37.1 Å². The van der Waals surface area contributed by atoms with Crippen LogP contribution in [0.5, 0.6) is 5.75 Å². The molecule has 0 saturated heterocycles. The number of benzene rings is 3. The van der Waals surface area contributed by atoms with Gasteiger partial charge in [-0.3, -0.25) is 9.59 Å². The number of fused-ring (bicyclic) bond motifs is 1. The molecule has 0 N–H and O–H groups in total. The van der Waals surface area contributed by atoms with Crippen LogP contribution in [-0.2, 0) is 22.0 Å². The smallest absolute Gasteiger partial charge is 0.256 e. The molecule has 1 aliphatic rings. The van der Waals surface area contributed by atoms with Crippen LogP contribution in [0, 0.1) is 0 Å². The van der Waals surface area contributed by atoms with Crippen molar-refractivity contribution in [3.8, 4) is 11.4 Å². The van der Waals surface area contributed by atoms with Gasteiger partial charge in [-0.15, -0.1) is 10.2 Å². The molecule has 4 aromatic rings. The van der Waals surface area contributed by atoms with Gasteiger partial charge in [-0.2, -0.15) is 4.68 Å². The van der Waals surface area contributed by atoms with Crippen LogP contribution in [0.1, 0.15) is 88.4 Å². The summed E-state index contributed by atoms with van der Waals surface area (Å²) in [6.45, 7) is 14.7. The summed E-state index contributed by atoms with van der Waals surface area (Å²) in [5.41, 5.74) is 4.96. The lowest BCUT2D eigenvalue weighted by atomic mass is 9.76. The second-order valence-corrected chi connectivity index (χ2v) is 13.5. The van der Waals surface area contributed by atoms with Crippen molar-refractivity contribution in [1.82, 2.24) is 20.2 Å². The van der Waals surface area contributed by atoms with Crippen molar-refractivity contribution in [3.63, 3.8) is 0 Å². The van der Waals surface area contributed by atoms with Crippen molar-refractivity contribution in [2.75, 3.05) is 5.06 Å². The summed E-state index contributed by atoms with van der Waals surface area (Å²) in [7, 11) is 0. The van der Waals surface area contributed by atoms with Gasteiger partial charge in [-0.1, -0.05) is 89.7 Å². The van der Waals surface area contributed by atoms with Gasteiger partial charge in [0.15, 0.2) is 11.5 Å². The molecule has 0 aliphatic heterocycles. The van der Waals surface area contributed by atoms with E-state index in [9.17, 15) is 9.59 Å². The Labute approximate surface area is 257 Å². The molecule has 43 heavy (non-hydrogen) atoms. The molecule has 0 radical (unpaired) electrons. The van der Waals surface area contributed by atoms with Gasteiger partial charge in [0.2, 0.25) is 5.16 Å². The SMILES string of the molecule is CCC(C)(C)c1ccc(ON(C(C)=O)c2ccc3c(c2)C(=O)C(Sc2nnnn2-c2ccccc2)C3)c(C(C)(C)CC)c1. The number of amides is 1. The van der Waals surface area contributed by atoms with E-state index in [-0.39, 0.29) is 27.8 Å². The summed E-state index contributed by atoms with van der Waals surface area (Å²) in [6, 6.07) is 21.4. The van der Waals surface area contributed by atoms with Gasteiger partial charge in [0.1, 0.15) is 0 Å². The highest BCUT2D eigenvalue weighted by Gasteiger charge is 2.34. The number of nitrogens with zero attached hydrogens (tertiary/aromatic N) is 5. The van der Waals surface area contributed by atoms with Gasteiger partial charge < -0.3 is 4.84 Å². The van der Waals surface area contributed by atoms with E-state index in [1.807, 2.05) is 48.5 Å². The highest BCUT2D eigenvalue weighted by atomic mass is 32.2. The van der Waals surface area contributed by atoms with Crippen molar-refractivity contribution < 1.29 is 14.4 Å². The number of anilines is 1. The Balaban J connectivity index is 1.42. The van der Waals surface area contributed by atoms with Crippen molar-refractivity contribution in [1.29, 1.82) is 0 Å². The number of hydrogen-bond donors (Lipinski definition) is 0. The average molecular weight is 598 g/mol. The van der Waals surface area contributed by atoms with E-state index in [0.717, 1.165) is 29.7 Å². The number of ketones is 1. The second-order valence-electron chi connectivity index (χ2n) is 12.3. The Morgan fingerprint density at radius 2 is 1.72 bits per heavy atom. The predicted octanol–water partition coefficient (Wildman–Crippen LogP) is 7.28. The lowest BCUT2D eigenvalue weighted by molar-refractivity contribution is -0.120. The topological polar surface area (TPSA) is 90.2 Å². The number of rotatable bonds is 10. The van der Waals surface area contributed by atoms with Crippen LogP contribution in [0.2, 0.25) is 0 Å². The Bertz CT molecular complexity index is 1650. The third kappa shape index (κ3) is 6.09. The number of hydrogen-bond acceptors (Lipinski definition) is 7. The lowest BCUT2D eigenvalue weighted by Crippen LogP contribution is -2.33. The van der Waals surface area contributed by atoms with E-state index in [1.54, 1.807) is 10.7 Å². The molecule has 1 heterocycles. The van der Waals surface area contributed by atoms with E-state index in [2.05, 4.69) is 69.2 Å². The quantitative estimate of drug-likeness (QED) is 0.177. The van der Waals surface area contributed by atoms with Gasteiger partial charge in [-0.25, -0.2) is 0 Å². The molecule has 1 aliphatic carbocycles. The van der Waals surface area contributed by atoms with Crippen LogP contribution in [0.15, 0.2) is 71.9 Å². The average Bonchev–Trinajstić information content (AvgIpc) is 3.59. The molecule has 5 rings (SSSR count). The van der Waals surface area contributed by atoms with Crippen molar-refractivity contribution >= 4 is 29.1 Å². The number of carbonyl (C=O) groups is 2. The van der Waals surface area contributed by atoms with Gasteiger partial charge in [0.25, 0.3) is 5.91 Å². The third-order valence-corrected chi connectivity index (χ3v) is 9.84. The summed E-state index contributed by atoms with van der Waals surface area (Å²) in [5, 5.41) is 13.6. The summed E-state index contributed by atoms with van der Waals surface area (Å²) in [4.78, 5) is 33.0. The van der Waals surface area contributed by atoms with Crippen LogP contribution >= 0.6 is 11.8 Å². The number of para-hydroxylation sites is 1. The molecule has 1 amide bonds. The Morgan fingerprint density at radius 3 is 2.40 bits per heavy atom. The van der Waals surface area contributed by atoms with Crippen LogP contribution < -0.4 is 9.90 Å². The monoisotopic (exact) mass is 597 g/mol. The Kier molecular flexibility index (Phi) is 8.47. The standard InChI is InChI=1S/C34H39N5O3S/c1-8-33(4,5)24-16-18-29(28(20-24)34(6,7)9-2)42-39(22(3)40)26-17-15-23-19-30(31(41)27(23)21-26)43-32-35-36-37-38(32)25-13-11-10-12-14-25/h10-18,20-21,30H,8-9,19H2,1-7H3. The zero-order chi connectivity index (χ0) is 30.9. The third-order valence-electron chi connectivity index (χ3n) is 8.71. The first kappa shape index (κ1) is 30.5. The van der Waals surface area contributed by atoms with Gasteiger partial charge in [-0.05, 0) is 82.0 Å². The summed E-state index contributed by atoms with van der Waals surface area (Å²) in [6.07, 6.45) is 2.45. The minimum atomic E-state index is -0.378. The van der Waals surface area contributed by atoms with E-state index < -0.39 is 0 Å². The first-order chi connectivity index (χ1) is 20.4. The zero-order valence-electron chi connectivity index (χ0n) is 25.9. The molecule has 0 saturated carbocycles. The minimum Gasteiger partial charge on any atom is -0.372 e. The van der Waals surface area contributed by atoms with Crippen LogP contribution in [0.4, 0.5) is 5.69 Å². The molecule has 0 spiro atoms. The number of tetrazole rings is 1. The fourth-order valence-corrected chi connectivity index (χ4v) is 6.20. The predicted molar refractivity (Wildman–Crippen MR) is 170 cm³/mol. The number of Topliss-reactive ketones (excluding diaryl/α,β-unsaturated/α-hetero) is 1. The number of hydroxylamine groups is 1. The molecule has 1 atom stereocenters. The number of carbonyl (C=O) groups excluding carboxylic acids is 2. The molecule has 1 aromatic heterocycles. The maximum absolute atomic E-state index is 13.6. The largest absolute Gasteiger partial charge is 0.372 e. The van der Waals surface area contributed by atoms with E-state index >= 15 is 0 Å². The molecular weight excluding hydrogens is 558 g/mol. The van der Waals surface area contributed by atoms with Gasteiger partial charge in [0.05, 0.1) is 16.6 Å². The van der Waals surface area contributed by atoms with Crippen LogP contribution in [0.3, 0.4) is 0 Å². The first-order valence-electron chi connectivity index (χ1n) is 14.8. The Morgan fingerprint density at radius 1 is 1.00 bits per heavy atom. The molecule has 1 unspecified atom stereocenters. The maximum atomic E-state index is 13.6. The fraction of sp³-hybridized carbons (Fsp3) is 0.382. The fourth-order valence-electron chi connectivity index (χ4n) is 5.12. The van der Waals surface area contributed by atoms with E-state index in [1.165, 1.54) is 29.3 Å². The summed E-state index contributed by atoms with van der Waals surface area (Å²) >= 11 is 1.34. The molecule has 3 aromatic carbocycles. The van der Waals surface area contributed by atoms with E-state index in [4.69, 9.17) is 4.84 Å². The lowest BCUT2D eigenvalue weighted by Gasteiger charge is -2.32. The molecule has 8 nitrogen and oxygen atoms in total. The minimum absolute atomic E-state index is 0.0106. The van der Waals surface area contributed by atoms with Gasteiger partial charge >= 0.3 is 0 Å². The van der Waals surface area contributed by atoms with Crippen LogP contribution in [0.25, 0.3) is 5.69 Å². The number of thioether (sulfide) groups is 1. The molecule has 224 valence electrons. The molecular formula is C34H39N5O3S.